The van der Waals surface area contributed by atoms with Crippen molar-refractivity contribution >= 4 is 11.3 Å². The molecule has 0 bridgehead atoms. The summed E-state index contributed by atoms with van der Waals surface area (Å²) in [5, 5.41) is 20.0. The highest BCUT2D eigenvalue weighted by Crippen LogP contribution is 2.34. The minimum Gasteiger partial charge on any atom is -0.494 e. The van der Waals surface area contributed by atoms with Crippen LogP contribution in [0.15, 0.2) is 23.0 Å². The van der Waals surface area contributed by atoms with E-state index in [9.17, 15) is 15.0 Å². The molecule has 2 atom stereocenters. The lowest BCUT2D eigenvalue weighted by atomic mass is 9.93. The van der Waals surface area contributed by atoms with E-state index < -0.39 is 6.10 Å². The average molecular weight is 305 g/mol. The average Bonchev–Trinajstić information content (AvgIpc) is 2.68. The fourth-order valence-corrected chi connectivity index (χ4v) is 3.77. The first-order valence-corrected chi connectivity index (χ1v) is 8.07. The molecular weight excluding hydrogens is 286 g/mol. The van der Waals surface area contributed by atoms with Gasteiger partial charge < -0.3 is 10.2 Å². The van der Waals surface area contributed by atoms with Crippen molar-refractivity contribution in [3.8, 4) is 5.88 Å². The molecule has 112 valence electrons. The van der Waals surface area contributed by atoms with Gasteiger partial charge in [-0.15, -0.1) is 0 Å². The molecule has 1 aliphatic carbocycles. The monoisotopic (exact) mass is 305 g/mol. The molecule has 0 saturated heterocycles. The number of aromatic hydroxyl groups is 1. The van der Waals surface area contributed by atoms with E-state index in [0.29, 0.717) is 11.3 Å². The van der Waals surface area contributed by atoms with Gasteiger partial charge in [-0.25, -0.2) is 0 Å². The summed E-state index contributed by atoms with van der Waals surface area (Å²) in [6.45, 7) is 2.09. The van der Waals surface area contributed by atoms with E-state index >= 15 is 0 Å². The number of aryl methyl sites for hydroxylation is 1. The van der Waals surface area contributed by atoms with Gasteiger partial charge in [0.2, 0.25) is 5.88 Å². The van der Waals surface area contributed by atoms with E-state index in [1.807, 2.05) is 12.1 Å². The fourth-order valence-electron chi connectivity index (χ4n) is 3.01. The van der Waals surface area contributed by atoms with Gasteiger partial charge in [-0.1, -0.05) is 36.5 Å². The van der Waals surface area contributed by atoms with Crippen molar-refractivity contribution in [2.45, 2.75) is 38.7 Å². The van der Waals surface area contributed by atoms with Crippen LogP contribution in [-0.2, 0) is 12.8 Å². The summed E-state index contributed by atoms with van der Waals surface area (Å²) in [5.41, 5.74) is 3.27. The zero-order valence-corrected chi connectivity index (χ0v) is 12.7. The van der Waals surface area contributed by atoms with Crippen LogP contribution in [0, 0.1) is 5.92 Å². The number of hydrogen-bond acceptors (Lipinski definition) is 4. The van der Waals surface area contributed by atoms with Crippen molar-refractivity contribution in [1.82, 2.24) is 4.98 Å². The molecule has 1 heterocycles. The number of rotatable bonds is 2. The Balaban J connectivity index is 1.91. The van der Waals surface area contributed by atoms with E-state index in [1.54, 1.807) is 0 Å². The van der Waals surface area contributed by atoms with Crippen LogP contribution in [-0.4, -0.2) is 15.2 Å². The molecule has 0 spiro atoms. The number of aromatic amines is 1. The van der Waals surface area contributed by atoms with Gasteiger partial charge in [0.15, 0.2) is 0 Å². The summed E-state index contributed by atoms with van der Waals surface area (Å²) in [6, 6.07) is 6.06. The Morgan fingerprint density at radius 2 is 2.24 bits per heavy atom. The van der Waals surface area contributed by atoms with Crippen LogP contribution in [0.2, 0.25) is 0 Å². The summed E-state index contributed by atoms with van der Waals surface area (Å²) in [5.74, 6) is 0.254. The van der Waals surface area contributed by atoms with E-state index in [2.05, 4.69) is 18.0 Å². The van der Waals surface area contributed by atoms with Crippen LogP contribution in [0.5, 0.6) is 5.88 Å². The molecule has 2 aromatic rings. The van der Waals surface area contributed by atoms with E-state index in [4.69, 9.17) is 0 Å². The van der Waals surface area contributed by atoms with Crippen LogP contribution in [0.4, 0.5) is 0 Å². The van der Waals surface area contributed by atoms with E-state index in [-0.39, 0.29) is 16.7 Å². The Morgan fingerprint density at radius 3 is 2.95 bits per heavy atom. The maximum Gasteiger partial charge on any atom is 0.307 e. The molecule has 4 nitrogen and oxygen atoms in total. The first kappa shape index (κ1) is 14.4. The Bertz CT molecular complexity index is 704. The molecule has 1 aliphatic rings. The number of nitrogens with one attached hydrogen (secondary N) is 1. The highest BCUT2D eigenvalue weighted by molar-refractivity contribution is 7.09. The van der Waals surface area contributed by atoms with Crippen LogP contribution < -0.4 is 4.87 Å². The Labute approximate surface area is 127 Å². The Morgan fingerprint density at radius 1 is 1.43 bits per heavy atom. The first-order chi connectivity index (χ1) is 10.0. The quantitative estimate of drug-likeness (QED) is 0.747. The molecule has 21 heavy (non-hydrogen) atoms. The zero-order valence-electron chi connectivity index (χ0n) is 11.9. The predicted molar refractivity (Wildman–Crippen MR) is 82.9 cm³/mol. The van der Waals surface area contributed by atoms with Crippen molar-refractivity contribution in [3.63, 3.8) is 0 Å². The molecule has 0 radical (unpaired) electrons. The van der Waals surface area contributed by atoms with Gasteiger partial charge in [0.1, 0.15) is 0 Å². The van der Waals surface area contributed by atoms with Crippen molar-refractivity contribution < 1.29 is 10.2 Å². The van der Waals surface area contributed by atoms with Crippen LogP contribution >= 0.6 is 11.3 Å². The number of benzene rings is 1. The first-order valence-electron chi connectivity index (χ1n) is 7.25. The topological polar surface area (TPSA) is 73.3 Å². The number of aliphatic hydroxyl groups is 1. The second-order valence-corrected chi connectivity index (χ2v) is 6.88. The summed E-state index contributed by atoms with van der Waals surface area (Å²) in [7, 11) is 0. The predicted octanol–water partition coefficient (Wildman–Crippen LogP) is 2.74. The Hall–Kier alpha value is -1.59. The smallest absolute Gasteiger partial charge is 0.307 e. The third kappa shape index (κ3) is 2.89. The molecule has 5 heteroatoms. The number of fused-ring (bicyclic) bond motifs is 1. The lowest BCUT2D eigenvalue weighted by molar-refractivity contribution is 0.115. The third-order valence-corrected chi connectivity index (χ3v) is 5.11. The largest absolute Gasteiger partial charge is 0.494 e. The lowest BCUT2D eigenvalue weighted by Crippen LogP contribution is -2.08. The second-order valence-electron chi connectivity index (χ2n) is 5.81. The van der Waals surface area contributed by atoms with Gasteiger partial charge in [0, 0.05) is 6.42 Å². The molecule has 3 rings (SSSR count). The Kier molecular flexibility index (Phi) is 3.87. The number of H-pyrrole nitrogens is 1. The van der Waals surface area contributed by atoms with Crippen molar-refractivity contribution in [1.29, 1.82) is 0 Å². The van der Waals surface area contributed by atoms with Crippen LogP contribution in [0.1, 0.15) is 47.4 Å². The highest BCUT2D eigenvalue weighted by atomic mass is 32.1. The van der Waals surface area contributed by atoms with Crippen molar-refractivity contribution in [2.24, 2.45) is 5.92 Å². The summed E-state index contributed by atoms with van der Waals surface area (Å²) < 4.78 is 0. The normalized spacial score (nSPS) is 21.8. The standard InChI is InChI=1S/C16H19NO3S/c1-9-3-2-4-11-7-10(5-6-12(11)14(9)18)8-13-15(19)17-16(20)21-13/h5-7,9,14,18-19H,2-4,8H2,1H3,(H,17,20). The molecular formula is C16H19NO3S. The van der Waals surface area contributed by atoms with Crippen molar-refractivity contribution in [2.75, 3.05) is 0 Å². The van der Waals surface area contributed by atoms with E-state index in [0.717, 1.165) is 41.7 Å². The molecule has 2 unspecified atom stereocenters. The molecule has 0 fully saturated rings. The molecule has 1 aromatic heterocycles. The maximum absolute atomic E-state index is 11.2. The molecule has 0 saturated carbocycles. The van der Waals surface area contributed by atoms with Gasteiger partial charge in [0.25, 0.3) is 0 Å². The fraction of sp³-hybridized carbons (Fsp3) is 0.438. The van der Waals surface area contributed by atoms with Gasteiger partial charge in [-0.2, -0.15) is 0 Å². The minimum absolute atomic E-state index is 0.0337. The molecule has 0 amide bonds. The van der Waals surface area contributed by atoms with Gasteiger partial charge in [-0.05, 0) is 41.9 Å². The van der Waals surface area contributed by atoms with Gasteiger partial charge >= 0.3 is 4.87 Å². The number of hydrogen-bond donors (Lipinski definition) is 3. The lowest BCUT2D eigenvalue weighted by Gasteiger charge is -2.18. The van der Waals surface area contributed by atoms with E-state index in [1.165, 1.54) is 5.56 Å². The molecule has 3 N–H and O–H groups in total. The van der Waals surface area contributed by atoms with Crippen LogP contribution in [0.3, 0.4) is 0 Å². The number of aromatic nitrogens is 1. The molecule has 0 aliphatic heterocycles. The molecule has 1 aromatic carbocycles. The van der Waals surface area contributed by atoms with Crippen LogP contribution in [0.25, 0.3) is 0 Å². The highest BCUT2D eigenvalue weighted by Gasteiger charge is 2.22. The maximum atomic E-state index is 11.2. The summed E-state index contributed by atoms with van der Waals surface area (Å²) >= 11 is 1.04. The second kappa shape index (κ2) is 5.66. The summed E-state index contributed by atoms with van der Waals surface area (Å²) in [4.78, 5) is 14.0. The van der Waals surface area contributed by atoms with Crippen molar-refractivity contribution in [3.05, 3.63) is 49.4 Å². The van der Waals surface area contributed by atoms with Gasteiger partial charge in [0.05, 0.1) is 11.0 Å². The number of thiazole rings is 1. The SMILES string of the molecule is CC1CCCc2cc(Cc3sc(=O)[nH]c3O)ccc2C1O. The van der Waals surface area contributed by atoms with Gasteiger partial charge in [-0.3, -0.25) is 9.78 Å². The third-order valence-electron chi connectivity index (χ3n) is 4.24. The number of aliphatic hydroxyl groups excluding tert-OH is 1. The summed E-state index contributed by atoms with van der Waals surface area (Å²) in [6.07, 6.45) is 3.23. The minimum atomic E-state index is -0.395. The zero-order chi connectivity index (χ0) is 15.0.